The van der Waals surface area contributed by atoms with E-state index in [9.17, 15) is 4.79 Å². The Balaban J connectivity index is 2.16. The molecule has 2 aromatic carbocycles. The van der Waals surface area contributed by atoms with Crippen LogP contribution in [0.1, 0.15) is 21.5 Å². The topological polar surface area (TPSA) is 38.3 Å². The Morgan fingerprint density at radius 1 is 1.20 bits per heavy atom. The van der Waals surface area contributed by atoms with E-state index in [1.54, 1.807) is 18.2 Å². The first-order valence-corrected chi connectivity index (χ1v) is 6.65. The minimum Gasteiger partial charge on any atom is -0.465 e. The number of rotatable bonds is 4. The standard InChI is InChI=1S/C16H16ClNO2/c1-11-3-5-12(6-4-11)10-18-15-8-7-13(17)9-14(15)16(19)20-2/h3-9,18H,10H2,1-2H3. The summed E-state index contributed by atoms with van der Waals surface area (Å²) in [6.07, 6.45) is 0. The number of carbonyl (C=O) groups is 1. The molecule has 2 aromatic rings. The zero-order valence-electron chi connectivity index (χ0n) is 11.4. The van der Waals surface area contributed by atoms with E-state index in [0.29, 0.717) is 22.8 Å². The van der Waals surface area contributed by atoms with Crippen molar-refractivity contribution in [3.05, 3.63) is 64.2 Å². The number of aryl methyl sites for hydroxylation is 1. The summed E-state index contributed by atoms with van der Waals surface area (Å²) in [4.78, 5) is 11.7. The average molecular weight is 290 g/mol. The third-order valence-corrected chi connectivity index (χ3v) is 3.23. The number of esters is 1. The molecular formula is C16H16ClNO2. The number of benzene rings is 2. The Hall–Kier alpha value is -2.00. The molecule has 0 aliphatic heterocycles. The lowest BCUT2D eigenvalue weighted by Gasteiger charge is -2.11. The lowest BCUT2D eigenvalue weighted by Crippen LogP contribution is -2.08. The molecule has 0 aliphatic rings. The smallest absolute Gasteiger partial charge is 0.340 e. The monoisotopic (exact) mass is 289 g/mol. The highest BCUT2D eigenvalue weighted by Gasteiger charge is 2.12. The highest BCUT2D eigenvalue weighted by Crippen LogP contribution is 2.22. The fourth-order valence-corrected chi connectivity index (χ4v) is 2.02. The molecule has 2 rings (SSSR count). The molecule has 0 aromatic heterocycles. The molecule has 0 atom stereocenters. The second-order valence-electron chi connectivity index (χ2n) is 4.52. The maximum Gasteiger partial charge on any atom is 0.340 e. The number of ether oxygens (including phenoxy) is 1. The predicted octanol–water partition coefficient (Wildman–Crippen LogP) is 4.05. The molecule has 0 bridgehead atoms. The van der Waals surface area contributed by atoms with Crippen LogP contribution in [-0.4, -0.2) is 13.1 Å². The first kappa shape index (κ1) is 14.4. The van der Waals surface area contributed by atoms with Crippen LogP contribution < -0.4 is 5.32 Å². The number of hydrogen-bond donors (Lipinski definition) is 1. The van der Waals surface area contributed by atoms with Crippen molar-refractivity contribution >= 4 is 23.3 Å². The molecule has 0 heterocycles. The predicted molar refractivity (Wildman–Crippen MR) is 81.3 cm³/mol. The first-order valence-electron chi connectivity index (χ1n) is 6.27. The lowest BCUT2D eigenvalue weighted by atomic mass is 10.1. The summed E-state index contributed by atoms with van der Waals surface area (Å²) in [5.41, 5.74) is 3.51. The van der Waals surface area contributed by atoms with Crippen LogP contribution in [0.5, 0.6) is 0 Å². The SMILES string of the molecule is COC(=O)c1cc(Cl)ccc1NCc1ccc(C)cc1. The molecule has 0 spiro atoms. The fourth-order valence-electron chi connectivity index (χ4n) is 1.85. The Morgan fingerprint density at radius 3 is 2.55 bits per heavy atom. The summed E-state index contributed by atoms with van der Waals surface area (Å²) >= 11 is 5.92. The largest absolute Gasteiger partial charge is 0.465 e. The van der Waals surface area contributed by atoms with E-state index in [0.717, 1.165) is 5.56 Å². The number of hydrogen-bond acceptors (Lipinski definition) is 3. The van der Waals surface area contributed by atoms with Gasteiger partial charge in [0.05, 0.1) is 12.7 Å². The maximum absolute atomic E-state index is 11.7. The van der Waals surface area contributed by atoms with Gasteiger partial charge in [0.1, 0.15) is 0 Å². The Bertz CT molecular complexity index is 608. The highest BCUT2D eigenvalue weighted by molar-refractivity contribution is 6.31. The third-order valence-electron chi connectivity index (χ3n) is 2.99. The van der Waals surface area contributed by atoms with Gasteiger partial charge < -0.3 is 10.1 Å². The van der Waals surface area contributed by atoms with Crippen molar-refractivity contribution in [2.24, 2.45) is 0 Å². The van der Waals surface area contributed by atoms with E-state index >= 15 is 0 Å². The molecule has 20 heavy (non-hydrogen) atoms. The summed E-state index contributed by atoms with van der Waals surface area (Å²) in [5.74, 6) is -0.404. The number of carbonyl (C=O) groups excluding carboxylic acids is 1. The van der Waals surface area contributed by atoms with Crippen molar-refractivity contribution in [3.63, 3.8) is 0 Å². The molecule has 3 nitrogen and oxygen atoms in total. The molecule has 0 unspecified atom stereocenters. The molecule has 4 heteroatoms. The second kappa shape index (κ2) is 6.44. The molecule has 1 N–H and O–H groups in total. The van der Waals surface area contributed by atoms with Gasteiger partial charge in [-0.05, 0) is 30.7 Å². The van der Waals surface area contributed by atoms with Crippen LogP contribution in [0, 0.1) is 6.92 Å². The van der Waals surface area contributed by atoms with E-state index in [1.807, 2.05) is 6.92 Å². The van der Waals surface area contributed by atoms with Crippen LogP contribution in [0.3, 0.4) is 0 Å². The van der Waals surface area contributed by atoms with E-state index in [4.69, 9.17) is 16.3 Å². The molecule has 0 aliphatic carbocycles. The van der Waals surface area contributed by atoms with Gasteiger partial charge >= 0.3 is 5.97 Å². The van der Waals surface area contributed by atoms with Crippen LogP contribution in [0.4, 0.5) is 5.69 Å². The number of nitrogens with one attached hydrogen (secondary N) is 1. The number of anilines is 1. The fraction of sp³-hybridized carbons (Fsp3) is 0.188. The van der Waals surface area contributed by atoms with Crippen molar-refractivity contribution in [3.8, 4) is 0 Å². The molecule has 0 radical (unpaired) electrons. The summed E-state index contributed by atoms with van der Waals surface area (Å²) in [7, 11) is 1.35. The van der Waals surface area contributed by atoms with Gasteiger partial charge in [-0.2, -0.15) is 0 Å². The highest BCUT2D eigenvalue weighted by atomic mass is 35.5. The van der Waals surface area contributed by atoms with Gasteiger partial charge in [0.15, 0.2) is 0 Å². The molecule has 0 fully saturated rings. The Labute approximate surface area is 123 Å². The van der Waals surface area contributed by atoms with Crippen molar-refractivity contribution in [1.29, 1.82) is 0 Å². The molecular weight excluding hydrogens is 274 g/mol. The van der Waals surface area contributed by atoms with E-state index in [1.165, 1.54) is 12.7 Å². The number of methoxy groups -OCH3 is 1. The van der Waals surface area contributed by atoms with Crippen LogP contribution in [0.15, 0.2) is 42.5 Å². The van der Waals surface area contributed by atoms with E-state index in [2.05, 4.69) is 29.6 Å². The molecule has 0 amide bonds. The van der Waals surface area contributed by atoms with Crippen molar-refractivity contribution < 1.29 is 9.53 Å². The minimum absolute atomic E-state index is 0.404. The molecule has 0 saturated heterocycles. The number of halogens is 1. The summed E-state index contributed by atoms with van der Waals surface area (Å²) in [6.45, 7) is 2.68. The summed E-state index contributed by atoms with van der Waals surface area (Å²) in [6, 6.07) is 13.3. The van der Waals surface area contributed by atoms with Crippen LogP contribution in [0.2, 0.25) is 5.02 Å². The minimum atomic E-state index is -0.404. The maximum atomic E-state index is 11.7. The van der Waals surface area contributed by atoms with E-state index in [-0.39, 0.29) is 0 Å². The van der Waals surface area contributed by atoms with Gasteiger partial charge in [-0.25, -0.2) is 4.79 Å². The first-order chi connectivity index (χ1) is 9.60. The second-order valence-corrected chi connectivity index (χ2v) is 4.96. The molecule has 0 saturated carbocycles. The van der Waals surface area contributed by atoms with Crippen LogP contribution in [-0.2, 0) is 11.3 Å². The molecule has 104 valence electrons. The average Bonchev–Trinajstić information content (AvgIpc) is 2.46. The van der Waals surface area contributed by atoms with Gasteiger partial charge in [0.25, 0.3) is 0 Å². The normalized spacial score (nSPS) is 10.2. The van der Waals surface area contributed by atoms with Gasteiger partial charge in [-0.15, -0.1) is 0 Å². The Morgan fingerprint density at radius 2 is 1.90 bits per heavy atom. The van der Waals surface area contributed by atoms with Gasteiger partial charge in [-0.1, -0.05) is 41.4 Å². The van der Waals surface area contributed by atoms with Crippen LogP contribution >= 0.6 is 11.6 Å². The third kappa shape index (κ3) is 3.52. The zero-order valence-corrected chi connectivity index (χ0v) is 12.2. The van der Waals surface area contributed by atoms with Crippen LogP contribution in [0.25, 0.3) is 0 Å². The Kier molecular flexibility index (Phi) is 4.64. The van der Waals surface area contributed by atoms with Crippen molar-refractivity contribution in [1.82, 2.24) is 0 Å². The van der Waals surface area contributed by atoms with E-state index < -0.39 is 5.97 Å². The summed E-state index contributed by atoms with van der Waals surface area (Å²) in [5, 5.41) is 3.74. The van der Waals surface area contributed by atoms with Crippen molar-refractivity contribution in [2.45, 2.75) is 13.5 Å². The summed E-state index contributed by atoms with van der Waals surface area (Å²) < 4.78 is 4.76. The lowest BCUT2D eigenvalue weighted by molar-refractivity contribution is 0.0602. The van der Waals surface area contributed by atoms with Gasteiger partial charge in [0.2, 0.25) is 0 Å². The van der Waals surface area contributed by atoms with Gasteiger partial charge in [0, 0.05) is 17.3 Å². The van der Waals surface area contributed by atoms with Gasteiger partial charge in [-0.3, -0.25) is 0 Å². The quantitative estimate of drug-likeness (QED) is 0.863. The zero-order chi connectivity index (χ0) is 14.5. The van der Waals surface area contributed by atoms with Crippen molar-refractivity contribution in [2.75, 3.05) is 12.4 Å².